The van der Waals surface area contributed by atoms with Crippen LogP contribution in [0.1, 0.15) is 65.0 Å². The maximum absolute atomic E-state index is 5.79. The van der Waals surface area contributed by atoms with E-state index in [0.717, 1.165) is 30.9 Å². The third kappa shape index (κ3) is 4.49. The molecule has 0 spiro atoms. The van der Waals surface area contributed by atoms with Crippen LogP contribution in [-0.4, -0.2) is 6.54 Å². The second kappa shape index (κ2) is 6.42. The molecule has 1 heterocycles. The molecular formula is C16H29NO. The SMILES string of the molecule is CCCNC(CC(C)C(C)(C)C)c1ccc(C)o1. The number of furan rings is 1. The first-order valence-electron chi connectivity index (χ1n) is 7.14. The average Bonchev–Trinajstić information content (AvgIpc) is 2.69. The Labute approximate surface area is 112 Å². The first-order chi connectivity index (χ1) is 8.34. The normalized spacial score (nSPS) is 15.7. The van der Waals surface area contributed by atoms with Crippen LogP contribution in [0.25, 0.3) is 0 Å². The summed E-state index contributed by atoms with van der Waals surface area (Å²) < 4.78 is 5.79. The van der Waals surface area contributed by atoms with Crippen molar-refractivity contribution in [2.75, 3.05) is 6.54 Å². The Morgan fingerprint density at radius 1 is 1.28 bits per heavy atom. The van der Waals surface area contributed by atoms with Crippen molar-refractivity contribution in [3.8, 4) is 0 Å². The Balaban J connectivity index is 2.73. The van der Waals surface area contributed by atoms with Crippen LogP contribution in [0.15, 0.2) is 16.5 Å². The average molecular weight is 251 g/mol. The van der Waals surface area contributed by atoms with E-state index in [1.54, 1.807) is 0 Å². The Morgan fingerprint density at radius 3 is 2.39 bits per heavy atom. The second-order valence-corrected chi connectivity index (χ2v) is 6.46. The molecule has 2 heteroatoms. The molecule has 0 saturated heterocycles. The minimum absolute atomic E-state index is 0.341. The summed E-state index contributed by atoms with van der Waals surface area (Å²) in [7, 11) is 0. The van der Waals surface area contributed by atoms with Crippen LogP contribution in [0, 0.1) is 18.3 Å². The number of rotatable bonds is 6. The topological polar surface area (TPSA) is 25.2 Å². The number of hydrogen-bond donors (Lipinski definition) is 1. The van der Waals surface area contributed by atoms with Crippen molar-refractivity contribution in [3.63, 3.8) is 0 Å². The Bertz CT molecular complexity index is 348. The highest BCUT2D eigenvalue weighted by molar-refractivity contribution is 5.10. The predicted molar refractivity (Wildman–Crippen MR) is 77.7 cm³/mol. The highest BCUT2D eigenvalue weighted by atomic mass is 16.3. The summed E-state index contributed by atoms with van der Waals surface area (Å²) in [4.78, 5) is 0. The van der Waals surface area contributed by atoms with Crippen LogP contribution in [0.3, 0.4) is 0 Å². The van der Waals surface area contributed by atoms with Gasteiger partial charge in [0.1, 0.15) is 11.5 Å². The number of nitrogens with one attached hydrogen (secondary N) is 1. The fourth-order valence-corrected chi connectivity index (χ4v) is 1.97. The van der Waals surface area contributed by atoms with Crippen LogP contribution in [0.5, 0.6) is 0 Å². The smallest absolute Gasteiger partial charge is 0.121 e. The maximum Gasteiger partial charge on any atom is 0.121 e. The molecule has 1 rings (SSSR count). The van der Waals surface area contributed by atoms with Gasteiger partial charge in [-0.3, -0.25) is 0 Å². The van der Waals surface area contributed by atoms with E-state index in [2.05, 4.69) is 52.1 Å². The lowest BCUT2D eigenvalue weighted by Crippen LogP contribution is -2.27. The summed E-state index contributed by atoms with van der Waals surface area (Å²) in [6, 6.07) is 4.50. The quantitative estimate of drug-likeness (QED) is 0.792. The lowest BCUT2D eigenvalue weighted by Gasteiger charge is -2.30. The van der Waals surface area contributed by atoms with Crippen molar-refractivity contribution in [1.29, 1.82) is 0 Å². The second-order valence-electron chi connectivity index (χ2n) is 6.46. The van der Waals surface area contributed by atoms with Crippen molar-refractivity contribution in [2.45, 2.75) is 60.4 Å². The summed E-state index contributed by atoms with van der Waals surface area (Å²) in [5.74, 6) is 2.73. The zero-order chi connectivity index (χ0) is 13.8. The zero-order valence-electron chi connectivity index (χ0n) is 12.8. The number of hydrogen-bond acceptors (Lipinski definition) is 2. The molecule has 1 N–H and O–H groups in total. The molecule has 0 aliphatic rings. The molecule has 0 aromatic carbocycles. The molecule has 1 aromatic rings. The monoisotopic (exact) mass is 251 g/mol. The molecule has 0 radical (unpaired) electrons. The van der Waals surface area contributed by atoms with Gasteiger partial charge in [0.15, 0.2) is 0 Å². The summed E-state index contributed by atoms with van der Waals surface area (Å²) in [6.45, 7) is 14.5. The molecule has 0 bridgehead atoms. The van der Waals surface area contributed by atoms with Gasteiger partial charge in [-0.05, 0) is 49.8 Å². The standard InChI is InChI=1S/C16H29NO/c1-7-10-17-14(11-12(2)16(4,5)6)15-9-8-13(3)18-15/h8-9,12,14,17H,7,10-11H2,1-6H3. The van der Waals surface area contributed by atoms with Gasteiger partial charge in [-0.1, -0.05) is 34.6 Å². The Morgan fingerprint density at radius 2 is 1.94 bits per heavy atom. The van der Waals surface area contributed by atoms with Crippen LogP contribution in [0.4, 0.5) is 0 Å². The van der Waals surface area contributed by atoms with E-state index in [9.17, 15) is 0 Å². The molecular weight excluding hydrogens is 222 g/mol. The minimum atomic E-state index is 0.341. The summed E-state index contributed by atoms with van der Waals surface area (Å²) >= 11 is 0. The van der Waals surface area contributed by atoms with E-state index in [1.165, 1.54) is 0 Å². The third-order valence-electron chi connectivity index (χ3n) is 3.81. The molecule has 2 unspecified atom stereocenters. The number of aryl methyl sites for hydroxylation is 1. The van der Waals surface area contributed by atoms with E-state index in [1.807, 2.05) is 6.92 Å². The van der Waals surface area contributed by atoms with Gasteiger partial charge in [0.25, 0.3) is 0 Å². The van der Waals surface area contributed by atoms with Crippen molar-refractivity contribution < 1.29 is 4.42 Å². The summed E-state index contributed by atoms with van der Waals surface area (Å²) in [6.07, 6.45) is 2.27. The van der Waals surface area contributed by atoms with Crippen molar-refractivity contribution in [3.05, 3.63) is 23.7 Å². The molecule has 0 amide bonds. The summed E-state index contributed by atoms with van der Waals surface area (Å²) in [5, 5.41) is 3.61. The van der Waals surface area contributed by atoms with Gasteiger partial charge < -0.3 is 9.73 Å². The molecule has 0 aliphatic carbocycles. The molecule has 104 valence electrons. The molecule has 2 atom stereocenters. The van der Waals surface area contributed by atoms with Gasteiger partial charge in [0.05, 0.1) is 6.04 Å². The van der Waals surface area contributed by atoms with Gasteiger partial charge in [-0.15, -0.1) is 0 Å². The minimum Gasteiger partial charge on any atom is -0.465 e. The van der Waals surface area contributed by atoms with E-state index >= 15 is 0 Å². The Kier molecular flexibility index (Phi) is 5.46. The highest BCUT2D eigenvalue weighted by Crippen LogP contribution is 2.33. The maximum atomic E-state index is 5.79. The largest absolute Gasteiger partial charge is 0.465 e. The fraction of sp³-hybridized carbons (Fsp3) is 0.750. The Hall–Kier alpha value is -0.760. The van der Waals surface area contributed by atoms with E-state index in [4.69, 9.17) is 4.42 Å². The van der Waals surface area contributed by atoms with Gasteiger partial charge in [0.2, 0.25) is 0 Å². The molecule has 0 fully saturated rings. The third-order valence-corrected chi connectivity index (χ3v) is 3.81. The van der Waals surface area contributed by atoms with Crippen molar-refractivity contribution in [2.24, 2.45) is 11.3 Å². The van der Waals surface area contributed by atoms with Gasteiger partial charge in [-0.2, -0.15) is 0 Å². The van der Waals surface area contributed by atoms with E-state index in [0.29, 0.717) is 17.4 Å². The van der Waals surface area contributed by atoms with Crippen LogP contribution in [-0.2, 0) is 0 Å². The molecule has 0 aliphatic heterocycles. The van der Waals surface area contributed by atoms with Crippen LogP contribution >= 0.6 is 0 Å². The van der Waals surface area contributed by atoms with Gasteiger partial charge in [0, 0.05) is 0 Å². The van der Waals surface area contributed by atoms with Crippen LogP contribution in [0.2, 0.25) is 0 Å². The molecule has 18 heavy (non-hydrogen) atoms. The van der Waals surface area contributed by atoms with Gasteiger partial charge in [-0.25, -0.2) is 0 Å². The predicted octanol–water partition coefficient (Wildman–Crippen LogP) is 4.70. The highest BCUT2D eigenvalue weighted by Gasteiger charge is 2.25. The first kappa shape index (κ1) is 15.3. The summed E-state index contributed by atoms with van der Waals surface area (Å²) in [5.41, 5.74) is 0.341. The van der Waals surface area contributed by atoms with Crippen molar-refractivity contribution >= 4 is 0 Å². The fourth-order valence-electron chi connectivity index (χ4n) is 1.97. The molecule has 0 saturated carbocycles. The lowest BCUT2D eigenvalue weighted by molar-refractivity contribution is 0.213. The molecule has 2 nitrogen and oxygen atoms in total. The molecule has 1 aromatic heterocycles. The first-order valence-corrected chi connectivity index (χ1v) is 7.14. The van der Waals surface area contributed by atoms with E-state index in [-0.39, 0.29) is 0 Å². The van der Waals surface area contributed by atoms with Crippen molar-refractivity contribution in [1.82, 2.24) is 5.32 Å². The van der Waals surface area contributed by atoms with Gasteiger partial charge >= 0.3 is 0 Å². The zero-order valence-corrected chi connectivity index (χ0v) is 12.8. The lowest BCUT2D eigenvalue weighted by atomic mass is 9.78. The van der Waals surface area contributed by atoms with Crippen LogP contribution < -0.4 is 5.32 Å². The van der Waals surface area contributed by atoms with E-state index < -0.39 is 0 Å².